The first-order chi connectivity index (χ1) is 12.5. The Labute approximate surface area is 152 Å². The molecule has 0 heterocycles. The van der Waals surface area contributed by atoms with E-state index in [1.165, 1.54) is 0 Å². The summed E-state index contributed by atoms with van der Waals surface area (Å²) in [6.07, 6.45) is 1.21. The van der Waals surface area contributed by atoms with Crippen molar-refractivity contribution >= 4 is 17.7 Å². The van der Waals surface area contributed by atoms with Gasteiger partial charge in [-0.3, -0.25) is 0 Å². The van der Waals surface area contributed by atoms with Crippen molar-refractivity contribution in [1.82, 2.24) is 5.32 Å². The van der Waals surface area contributed by atoms with E-state index in [0.717, 1.165) is 29.7 Å². The van der Waals surface area contributed by atoms with Gasteiger partial charge in [0.2, 0.25) is 0 Å². The van der Waals surface area contributed by atoms with E-state index in [9.17, 15) is 9.59 Å². The number of anilines is 1. The molecule has 6 heteroatoms. The number of rotatable bonds is 6. The Morgan fingerprint density at radius 1 is 1.12 bits per heavy atom. The monoisotopic (exact) mass is 354 g/mol. The number of alkyl carbamates (subject to hydrolysis) is 1. The van der Waals surface area contributed by atoms with Crippen molar-refractivity contribution in [3.63, 3.8) is 0 Å². The molecule has 2 aromatic carbocycles. The lowest BCUT2D eigenvalue weighted by Crippen LogP contribution is -2.49. The van der Waals surface area contributed by atoms with Crippen LogP contribution in [-0.4, -0.2) is 29.3 Å². The number of aromatic carboxylic acids is 1. The van der Waals surface area contributed by atoms with Gasteiger partial charge in [0, 0.05) is 17.8 Å². The number of carbonyl (C=O) groups is 2. The van der Waals surface area contributed by atoms with Crippen LogP contribution >= 0.6 is 0 Å². The van der Waals surface area contributed by atoms with Crippen LogP contribution in [0.3, 0.4) is 0 Å². The molecule has 1 aliphatic carbocycles. The Balaban J connectivity index is 1.40. The van der Waals surface area contributed by atoms with Gasteiger partial charge in [-0.05, 0) is 49.1 Å². The standard InChI is InChI=1S/C20H22N2O4/c1-13-9-15(19(23)24)7-8-18(13)21-16-10-17(11-16)22-20(25)26-12-14-5-3-2-4-6-14/h2-9,16-17,21H,10-12H2,1H3,(H,22,25)(H,23,24). The molecule has 1 fully saturated rings. The summed E-state index contributed by atoms with van der Waals surface area (Å²) in [7, 11) is 0. The van der Waals surface area contributed by atoms with Crippen molar-refractivity contribution < 1.29 is 19.4 Å². The average molecular weight is 354 g/mol. The molecule has 1 amide bonds. The number of benzene rings is 2. The van der Waals surface area contributed by atoms with Crippen LogP contribution in [0, 0.1) is 6.92 Å². The Kier molecular flexibility index (Phi) is 5.41. The number of nitrogens with one attached hydrogen (secondary N) is 2. The number of carbonyl (C=O) groups excluding carboxylic acids is 1. The van der Waals surface area contributed by atoms with Gasteiger partial charge in [-0.1, -0.05) is 30.3 Å². The first-order valence-corrected chi connectivity index (χ1v) is 8.59. The molecular weight excluding hydrogens is 332 g/mol. The van der Waals surface area contributed by atoms with Gasteiger partial charge in [-0.2, -0.15) is 0 Å². The minimum Gasteiger partial charge on any atom is -0.478 e. The summed E-state index contributed by atoms with van der Waals surface area (Å²) in [5, 5.41) is 15.3. The fourth-order valence-corrected chi connectivity index (χ4v) is 2.96. The normalized spacial score (nSPS) is 18.5. The number of hydrogen-bond donors (Lipinski definition) is 3. The Morgan fingerprint density at radius 3 is 2.50 bits per heavy atom. The summed E-state index contributed by atoms with van der Waals surface area (Å²) < 4.78 is 5.22. The molecule has 6 nitrogen and oxygen atoms in total. The van der Waals surface area contributed by atoms with E-state index in [1.54, 1.807) is 18.2 Å². The maximum atomic E-state index is 11.8. The zero-order valence-corrected chi connectivity index (χ0v) is 14.6. The molecule has 3 rings (SSSR count). The maximum Gasteiger partial charge on any atom is 0.407 e. The quantitative estimate of drug-likeness (QED) is 0.738. The second-order valence-corrected chi connectivity index (χ2v) is 6.55. The third-order valence-electron chi connectivity index (χ3n) is 4.51. The fourth-order valence-electron chi connectivity index (χ4n) is 2.96. The SMILES string of the molecule is Cc1cc(C(=O)O)ccc1NC1CC(NC(=O)OCc2ccccc2)C1. The highest BCUT2D eigenvalue weighted by Crippen LogP contribution is 2.26. The van der Waals surface area contributed by atoms with Gasteiger partial charge < -0.3 is 20.5 Å². The lowest BCUT2D eigenvalue weighted by Gasteiger charge is -2.37. The first kappa shape index (κ1) is 17.8. The molecule has 0 aliphatic heterocycles. The molecular formula is C20H22N2O4. The average Bonchev–Trinajstić information content (AvgIpc) is 2.60. The van der Waals surface area contributed by atoms with Crippen LogP contribution in [0.2, 0.25) is 0 Å². The van der Waals surface area contributed by atoms with Crippen LogP contribution in [0.1, 0.15) is 34.3 Å². The summed E-state index contributed by atoms with van der Waals surface area (Å²) in [6.45, 7) is 2.14. The summed E-state index contributed by atoms with van der Waals surface area (Å²) in [5.41, 5.74) is 3.05. The largest absolute Gasteiger partial charge is 0.478 e. The minimum atomic E-state index is -0.929. The molecule has 0 atom stereocenters. The molecule has 1 aliphatic rings. The maximum absolute atomic E-state index is 11.8. The van der Waals surface area contributed by atoms with E-state index in [-0.39, 0.29) is 24.3 Å². The molecule has 0 saturated heterocycles. The zero-order chi connectivity index (χ0) is 18.5. The summed E-state index contributed by atoms with van der Waals surface area (Å²) in [4.78, 5) is 22.8. The summed E-state index contributed by atoms with van der Waals surface area (Å²) >= 11 is 0. The summed E-state index contributed by atoms with van der Waals surface area (Å²) in [5.74, 6) is -0.929. The third kappa shape index (κ3) is 4.53. The van der Waals surface area contributed by atoms with Gasteiger partial charge in [0.1, 0.15) is 6.61 Å². The highest BCUT2D eigenvalue weighted by atomic mass is 16.5. The number of ether oxygens (including phenoxy) is 1. The van der Waals surface area contributed by atoms with Crippen molar-refractivity contribution in [2.45, 2.75) is 38.5 Å². The molecule has 0 aromatic heterocycles. The predicted octanol–water partition coefficient (Wildman–Crippen LogP) is 3.56. The number of aryl methyl sites for hydroxylation is 1. The highest BCUT2D eigenvalue weighted by Gasteiger charge is 2.30. The van der Waals surface area contributed by atoms with Crippen molar-refractivity contribution in [3.8, 4) is 0 Å². The van der Waals surface area contributed by atoms with Crippen LogP contribution < -0.4 is 10.6 Å². The van der Waals surface area contributed by atoms with E-state index in [2.05, 4.69) is 10.6 Å². The van der Waals surface area contributed by atoms with E-state index in [0.29, 0.717) is 0 Å². The van der Waals surface area contributed by atoms with Crippen LogP contribution in [0.25, 0.3) is 0 Å². The molecule has 2 aromatic rings. The van der Waals surface area contributed by atoms with Gasteiger partial charge in [0.15, 0.2) is 0 Å². The van der Waals surface area contributed by atoms with Crippen molar-refractivity contribution in [1.29, 1.82) is 0 Å². The van der Waals surface area contributed by atoms with Gasteiger partial charge in [0.05, 0.1) is 5.56 Å². The zero-order valence-electron chi connectivity index (χ0n) is 14.6. The van der Waals surface area contributed by atoms with Gasteiger partial charge in [0.25, 0.3) is 0 Å². The number of carboxylic acid groups (broad SMARTS) is 1. The van der Waals surface area contributed by atoms with Crippen LogP contribution in [0.5, 0.6) is 0 Å². The topological polar surface area (TPSA) is 87.7 Å². The molecule has 0 bridgehead atoms. The second kappa shape index (κ2) is 7.91. The van der Waals surface area contributed by atoms with Crippen LogP contribution in [0.4, 0.5) is 10.5 Å². The smallest absolute Gasteiger partial charge is 0.407 e. The van der Waals surface area contributed by atoms with Crippen LogP contribution in [0.15, 0.2) is 48.5 Å². The Morgan fingerprint density at radius 2 is 1.85 bits per heavy atom. The molecule has 1 saturated carbocycles. The van der Waals surface area contributed by atoms with Gasteiger partial charge in [-0.25, -0.2) is 9.59 Å². The van der Waals surface area contributed by atoms with E-state index >= 15 is 0 Å². The highest BCUT2D eigenvalue weighted by molar-refractivity contribution is 5.88. The van der Waals surface area contributed by atoms with Crippen molar-refractivity contribution in [2.75, 3.05) is 5.32 Å². The number of hydrogen-bond acceptors (Lipinski definition) is 4. The van der Waals surface area contributed by atoms with Gasteiger partial charge in [-0.15, -0.1) is 0 Å². The number of carboxylic acids is 1. The first-order valence-electron chi connectivity index (χ1n) is 8.59. The van der Waals surface area contributed by atoms with E-state index in [4.69, 9.17) is 9.84 Å². The Hall–Kier alpha value is -3.02. The van der Waals surface area contributed by atoms with Crippen LogP contribution in [-0.2, 0) is 11.3 Å². The van der Waals surface area contributed by atoms with Gasteiger partial charge >= 0.3 is 12.1 Å². The molecule has 26 heavy (non-hydrogen) atoms. The molecule has 136 valence electrons. The fraction of sp³-hybridized carbons (Fsp3) is 0.300. The van der Waals surface area contributed by atoms with E-state index < -0.39 is 12.1 Å². The lowest BCUT2D eigenvalue weighted by molar-refractivity contribution is 0.0696. The molecule has 0 radical (unpaired) electrons. The number of amides is 1. The molecule has 0 unspecified atom stereocenters. The molecule has 3 N–H and O–H groups in total. The van der Waals surface area contributed by atoms with Crippen molar-refractivity contribution in [3.05, 3.63) is 65.2 Å². The van der Waals surface area contributed by atoms with Crippen molar-refractivity contribution in [2.24, 2.45) is 0 Å². The lowest BCUT2D eigenvalue weighted by atomic mass is 9.86. The minimum absolute atomic E-state index is 0.0920. The van der Waals surface area contributed by atoms with E-state index in [1.807, 2.05) is 37.3 Å². The second-order valence-electron chi connectivity index (χ2n) is 6.55. The third-order valence-corrected chi connectivity index (χ3v) is 4.51. The predicted molar refractivity (Wildman–Crippen MR) is 98.3 cm³/mol. The Bertz CT molecular complexity index is 786. The summed E-state index contributed by atoms with van der Waals surface area (Å²) in [6, 6.07) is 14.9. The molecule has 0 spiro atoms.